The van der Waals surface area contributed by atoms with E-state index in [9.17, 15) is 4.79 Å². The molecule has 2 heterocycles. The molecule has 0 spiro atoms. The summed E-state index contributed by atoms with van der Waals surface area (Å²) in [6.07, 6.45) is -0.175. The first-order valence-electron chi connectivity index (χ1n) is 7.62. The Balaban J connectivity index is 1.74. The SMILES string of the molecule is COc1ccc(COC(=O)c2nc(C3CC(Cl)=NO3)cc(N)c2Cl)cc1. The fourth-order valence-electron chi connectivity index (χ4n) is 2.32. The number of nitrogens with two attached hydrogens (primary N) is 1. The van der Waals surface area contributed by atoms with Crippen molar-refractivity contribution in [3.8, 4) is 5.75 Å². The predicted octanol–water partition coefficient (Wildman–Crippen LogP) is 3.70. The van der Waals surface area contributed by atoms with Crippen LogP contribution in [0.1, 0.15) is 34.3 Å². The molecule has 3 rings (SSSR count). The molecule has 7 nitrogen and oxygen atoms in total. The van der Waals surface area contributed by atoms with E-state index in [1.54, 1.807) is 31.4 Å². The highest BCUT2D eigenvalue weighted by Crippen LogP contribution is 2.32. The second-order valence-corrected chi connectivity index (χ2v) is 6.30. The summed E-state index contributed by atoms with van der Waals surface area (Å²) in [7, 11) is 1.58. The highest BCUT2D eigenvalue weighted by Gasteiger charge is 2.27. The first-order chi connectivity index (χ1) is 12.5. The smallest absolute Gasteiger partial charge is 0.358 e. The molecule has 1 aliphatic rings. The summed E-state index contributed by atoms with van der Waals surface area (Å²) in [5.74, 6) is 0.0204. The highest BCUT2D eigenvalue weighted by atomic mass is 35.5. The van der Waals surface area contributed by atoms with Gasteiger partial charge in [-0.05, 0) is 23.8 Å². The average molecular weight is 396 g/mol. The number of pyridine rings is 1. The Bertz CT molecular complexity index is 856. The maximum atomic E-state index is 12.4. The van der Waals surface area contributed by atoms with Crippen LogP contribution in [-0.4, -0.2) is 23.2 Å². The van der Waals surface area contributed by atoms with Crippen molar-refractivity contribution in [2.45, 2.75) is 19.1 Å². The van der Waals surface area contributed by atoms with Crippen molar-refractivity contribution in [3.05, 3.63) is 52.3 Å². The van der Waals surface area contributed by atoms with E-state index in [2.05, 4.69) is 10.1 Å². The molecule has 26 heavy (non-hydrogen) atoms. The molecule has 1 aromatic heterocycles. The minimum atomic E-state index is -0.690. The van der Waals surface area contributed by atoms with Crippen molar-refractivity contribution < 1.29 is 19.1 Å². The van der Waals surface area contributed by atoms with Crippen LogP contribution in [0.3, 0.4) is 0 Å². The van der Waals surface area contributed by atoms with Crippen LogP contribution in [0.25, 0.3) is 0 Å². The van der Waals surface area contributed by atoms with Gasteiger partial charge in [-0.25, -0.2) is 9.78 Å². The summed E-state index contributed by atoms with van der Waals surface area (Å²) in [6.45, 7) is 0.0554. The third kappa shape index (κ3) is 4.00. The van der Waals surface area contributed by atoms with Gasteiger partial charge in [0, 0.05) is 6.42 Å². The van der Waals surface area contributed by atoms with Crippen molar-refractivity contribution in [3.63, 3.8) is 0 Å². The number of carbonyl (C=O) groups excluding carboxylic acids is 1. The number of nitrogen functional groups attached to an aromatic ring is 1. The Hall–Kier alpha value is -2.51. The summed E-state index contributed by atoms with van der Waals surface area (Å²) in [5, 5.41) is 3.99. The normalized spacial score (nSPS) is 16.0. The summed E-state index contributed by atoms with van der Waals surface area (Å²) >= 11 is 11.9. The maximum absolute atomic E-state index is 12.4. The second kappa shape index (κ2) is 7.80. The summed E-state index contributed by atoms with van der Waals surface area (Å²) < 4.78 is 10.4. The van der Waals surface area contributed by atoms with E-state index in [1.807, 2.05) is 0 Å². The van der Waals surface area contributed by atoms with Crippen LogP contribution in [0.4, 0.5) is 5.69 Å². The van der Waals surface area contributed by atoms with E-state index in [0.29, 0.717) is 23.0 Å². The molecule has 0 amide bonds. The van der Waals surface area contributed by atoms with Crippen molar-refractivity contribution >= 4 is 40.0 Å². The van der Waals surface area contributed by atoms with Gasteiger partial charge in [0.25, 0.3) is 0 Å². The van der Waals surface area contributed by atoms with Gasteiger partial charge in [-0.15, -0.1) is 0 Å². The van der Waals surface area contributed by atoms with Gasteiger partial charge < -0.3 is 20.0 Å². The van der Waals surface area contributed by atoms with Crippen LogP contribution in [0.2, 0.25) is 5.02 Å². The van der Waals surface area contributed by atoms with Gasteiger partial charge in [0.1, 0.15) is 17.5 Å². The van der Waals surface area contributed by atoms with Crippen molar-refractivity contribution in [2.24, 2.45) is 5.16 Å². The molecule has 1 aliphatic heterocycles. The van der Waals surface area contributed by atoms with E-state index in [-0.39, 0.29) is 23.0 Å². The Kier molecular flexibility index (Phi) is 5.49. The fraction of sp³-hybridized carbons (Fsp3) is 0.235. The Labute approximate surface area is 159 Å². The number of anilines is 1. The molecule has 0 fully saturated rings. The molecule has 1 aromatic carbocycles. The van der Waals surface area contributed by atoms with Gasteiger partial charge in [-0.3, -0.25) is 0 Å². The predicted molar refractivity (Wildman–Crippen MR) is 97.5 cm³/mol. The molecule has 136 valence electrons. The number of esters is 1. The van der Waals surface area contributed by atoms with Gasteiger partial charge in [0.05, 0.1) is 23.5 Å². The molecule has 2 aromatic rings. The molecule has 1 unspecified atom stereocenters. The van der Waals surface area contributed by atoms with Crippen molar-refractivity contribution in [1.82, 2.24) is 4.98 Å². The minimum Gasteiger partial charge on any atom is -0.497 e. The number of oxime groups is 1. The van der Waals surface area contributed by atoms with Crippen LogP contribution in [-0.2, 0) is 16.2 Å². The Morgan fingerprint density at radius 2 is 2.08 bits per heavy atom. The highest BCUT2D eigenvalue weighted by molar-refractivity contribution is 6.65. The quantitative estimate of drug-likeness (QED) is 0.775. The third-order valence-corrected chi connectivity index (χ3v) is 4.31. The number of halogens is 2. The van der Waals surface area contributed by atoms with E-state index in [4.69, 9.17) is 43.2 Å². The number of carbonyl (C=O) groups is 1. The number of aromatic nitrogens is 1. The van der Waals surface area contributed by atoms with E-state index < -0.39 is 12.1 Å². The van der Waals surface area contributed by atoms with E-state index in [0.717, 1.165) is 5.56 Å². The lowest BCUT2D eigenvalue weighted by molar-refractivity contribution is 0.0462. The van der Waals surface area contributed by atoms with Crippen LogP contribution in [0, 0.1) is 0 Å². The largest absolute Gasteiger partial charge is 0.497 e. The Morgan fingerprint density at radius 3 is 2.69 bits per heavy atom. The van der Waals surface area contributed by atoms with Gasteiger partial charge in [0.15, 0.2) is 11.8 Å². The van der Waals surface area contributed by atoms with Gasteiger partial charge in [-0.1, -0.05) is 40.5 Å². The number of methoxy groups -OCH3 is 1. The van der Waals surface area contributed by atoms with Gasteiger partial charge in [0.2, 0.25) is 0 Å². The van der Waals surface area contributed by atoms with Crippen molar-refractivity contribution in [2.75, 3.05) is 12.8 Å². The lowest BCUT2D eigenvalue weighted by Gasteiger charge is -2.12. The molecular formula is C17H15Cl2N3O4. The average Bonchev–Trinajstić information content (AvgIpc) is 3.08. The topological polar surface area (TPSA) is 96.0 Å². The number of hydrogen-bond acceptors (Lipinski definition) is 7. The zero-order chi connectivity index (χ0) is 18.7. The molecule has 0 aliphatic carbocycles. The maximum Gasteiger partial charge on any atom is 0.358 e. The molecule has 1 atom stereocenters. The number of nitrogens with zero attached hydrogens (tertiary/aromatic N) is 2. The number of benzene rings is 1. The fourth-order valence-corrected chi connectivity index (χ4v) is 2.67. The summed E-state index contributed by atoms with van der Waals surface area (Å²) in [6, 6.07) is 8.65. The minimum absolute atomic E-state index is 0.0264. The number of ether oxygens (including phenoxy) is 2. The van der Waals surface area contributed by atoms with E-state index >= 15 is 0 Å². The Morgan fingerprint density at radius 1 is 1.35 bits per heavy atom. The molecule has 0 radical (unpaired) electrons. The van der Waals surface area contributed by atoms with Crippen LogP contribution in [0.5, 0.6) is 5.75 Å². The van der Waals surface area contributed by atoms with Crippen LogP contribution in [0.15, 0.2) is 35.5 Å². The molecule has 2 N–H and O–H groups in total. The van der Waals surface area contributed by atoms with Crippen molar-refractivity contribution in [1.29, 1.82) is 0 Å². The zero-order valence-electron chi connectivity index (χ0n) is 13.7. The molecular weight excluding hydrogens is 381 g/mol. The van der Waals surface area contributed by atoms with Gasteiger partial charge in [-0.2, -0.15) is 0 Å². The van der Waals surface area contributed by atoms with Crippen LogP contribution < -0.4 is 10.5 Å². The second-order valence-electron chi connectivity index (χ2n) is 5.49. The lowest BCUT2D eigenvalue weighted by atomic mass is 10.1. The zero-order valence-corrected chi connectivity index (χ0v) is 15.3. The third-order valence-electron chi connectivity index (χ3n) is 3.69. The first kappa shape index (κ1) is 18.3. The molecule has 0 saturated carbocycles. The first-order valence-corrected chi connectivity index (χ1v) is 8.37. The molecule has 9 heteroatoms. The monoisotopic (exact) mass is 395 g/mol. The molecule has 0 saturated heterocycles. The van der Waals surface area contributed by atoms with Crippen LogP contribution >= 0.6 is 23.2 Å². The number of hydrogen-bond donors (Lipinski definition) is 1. The standard InChI is InChI=1S/C17H15Cl2N3O4/c1-24-10-4-2-9(3-5-10)8-25-17(23)16-15(19)11(20)6-12(21-16)13-7-14(18)22-26-13/h2-6,13H,7-8H2,1H3,(H2,20,21). The summed E-state index contributed by atoms with van der Waals surface area (Å²) in [4.78, 5) is 21.8. The number of rotatable bonds is 5. The summed E-state index contributed by atoms with van der Waals surface area (Å²) in [5.41, 5.74) is 7.19. The van der Waals surface area contributed by atoms with E-state index in [1.165, 1.54) is 6.07 Å². The van der Waals surface area contributed by atoms with Gasteiger partial charge >= 0.3 is 5.97 Å². The molecule has 0 bridgehead atoms. The lowest BCUT2D eigenvalue weighted by Crippen LogP contribution is -2.13.